The lowest BCUT2D eigenvalue weighted by atomic mass is 9.58. The third kappa shape index (κ3) is 1.95. The number of ketones is 1. The first-order valence-electron chi connectivity index (χ1n) is 7.24. The molecule has 4 atom stereocenters. The van der Waals surface area contributed by atoms with Gasteiger partial charge in [0.1, 0.15) is 0 Å². The molecule has 0 heterocycles. The molecular weight excluding hydrogens is 222 g/mol. The molecule has 102 valence electrons. The van der Waals surface area contributed by atoms with E-state index in [-0.39, 0.29) is 5.41 Å². The minimum Gasteiger partial charge on any atom is -0.661 e. The maximum absolute atomic E-state index is 12.0. The quantitative estimate of drug-likeness (QED) is 0.727. The molecule has 0 saturated heterocycles. The van der Waals surface area contributed by atoms with E-state index < -0.39 is 0 Å². The van der Waals surface area contributed by atoms with Crippen molar-refractivity contribution in [1.82, 2.24) is 0 Å². The summed E-state index contributed by atoms with van der Waals surface area (Å²) in [6, 6.07) is 0.322. The lowest BCUT2D eigenvalue weighted by Gasteiger charge is -2.57. The molecule has 0 aromatic carbocycles. The molecule has 4 unspecified atom stereocenters. The predicted molar refractivity (Wildman–Crippen MR) is 75.6 cm³/mol. The van der Waals surface area contributed by atoms with Gasteiger partial charge in [-0.3, -0.25) is 4.79 Å². The van der Waals surface area contributed by atoms with Crippen molar-refractivity contribution in [2.45, 2.75) is 53.0 Å². The average molecular weight is 248 g/mol. The molecule has 0 amide bonds. The summed E-state index contributed by atoms with van der Waals surface area (Å²) in [6.45, 7) is 8.85. The molecular formula is C16H26NO-. The van der Waals surface area contributed by atoms with E-state index in [0.29, 0.717) is 36.0 Å². The predicted octanol–water partition coefficient (Wildman–Crippen LogP) is 3.97. The van der Waals surface area contributed by atoms with Gasteiger partial charge in [-0.15, -0.1) is 6.04 Å². The fourth-order valence-corrected chi connectivity index (χ4v) is 4.15. The fourth-order valence-electron chi connectivity index (χ4n) is 4.15. The zero-order chi connectivity index (χ0) is 13.5. The number of carbonyl (C=O) groups is 1. The van der Waals surface area contributed by atoms with E-state index in [9.17, 15) is 4.79 Å². The van der Waals surface area contributed by atoms with Gasteiger partial charge < -0.3 is 5.32 Å². The molecule has 0 N–H and O–H groups in total. The smallest absolute Gasteiger partial charge is 0.159 e. The van der Waals surface area contributed by atoms with Gasteiger partial charge in [0.05, 0.1) is 0 Å². The van der Waals surface area contributed by atoms with E-state index in [1.54, 1.807) is 0 Å². The van der Waals surface area contributed by atoms with Gasteiger partial charge in [0.2, 0.25) is 0 Å². The van der Waals surface area contributed by atoms with Gasteiger partial charge in [-0.25, -0.2) is 0 Å². The Morgan fingerprint density at radius 1 is 1.39 bits per heavy atom. The summed E-state index contributed by atoms with van der Waals surface area (Å²) >= 11 is 0. The number of Topliss-reactive ketones (excluding diaryl/α,β-unsaturated/α-hetero) is 1. The van der Waals surface area contributed by atoms with Crippen LogP contribution < -0.4 is 0 Å². The van der Waals surface area contributed by atoms with Crippen molar-refractivity contribution >= 4 is 5.78 Å². The molecule has 2 aliphatic rings. The highest BCUT2D eigenvalue weighted by Gasteiger charge is 2.48. The van der Waals surface area contributed by atoms with Crippen molar-refractivity contribution in [2.75, 3.05) is 7.05 Å². The summed E-state index contributed by atoms with van der Waals surface area (Å²) < 4.78 is 0. The molecule has 2 aliphatic carbocycles. The van der Waals surface area contributed by atoms with Gasteiger partial charge in [-0.05, 0) is 36.2 Å². The Bertz CT molecular complexity index is 371. The summed E-state index contributed by atoms with van der Waals surface area (Å²) in [7, 11) is 1.94. The minimum absolute atomic E-state index is 0.0170. The van der Waals surface area contributed by atoms with Crippen LogP contribution in [0.25, 0.3) is 5.32 Å². The van der Waals surface area contributed by atoms with Crippen molar-refractivity contribution in [3.63, 3.8) is 0 Å². The van der Waals surface area contributed by atoms with Crippen molar-refractivity contribution in [3.8, 4) is 0 Å². The SMILES string of the molecule is C[N-]C1C(C(C)C)CCC(C)C12C=C(C)C(=O)C2. The van der Waals surface area contributed by atoms with Crippen molar-refractivity contribution in [1.29, 1.82) is 0 Å². The third-order valence-electron chi connectivity index (χ3n) is 5.33. The average Bonchev–Trinajstić information content (AvgIpc) is 2.59. The molecule has 0 bridgehead atoms. The summed E-state index contributed by atoms with van der Waals surface area (Å²) in [6.07, 6.45) is 5.42. The topological polar surface area (TPSA) is 31.2 Å². The van der Waals surface area contributed by atoms with E-state index in [2.05, 4.69) is 26.8 Å². The molecule has 2 nitrogen and oxygen atoms in total. The van der Waals surface area contributed by atoms with Gasteiger partial charge in [0.15, 0.2) is 5.78 Å². The highest BCUT2D eigenvalue weighted by atomic mass is 16.1. The van der Waals surface area contributed by atoms with Crippen molar-refractivity contribution in [3.05, 3.63) is 17.0 Å². The van der Waals surface area contributed by atoms with Crippen LogP contribution in [0.1, 0.15) is 47.0 Å². The number of carbonyl (C=O) groups excluding carboxylic acids is 1. The maximum atomic E-state index is 12.0. The molecule has 18 heavy (non-hydrogen) atoms. The van der Waals surface area contributed by atoms with E-state index in [1.165, 1.54) is 12.8 Å². The van der Waals surface area contributed by atoms with Gasteiger partial charge in [0, 0.05) is 6.42 Å². The van der Waals surface area contributed by atoms with Gasteiger partial charge in [-0.2, -0.15) is 7.05 Å². The van der Waals surface area contributed by atoms with Crippen LogP contribution >= 0.6 is 0 Å². The Morgan fingerprint density at radius 3 is 2.50 bits per heavy atom. The Morgan fingerprint density at radius 2 is 2.06 bits per heavy atom. The second-order valence-corrected chi connectivity index (χ2v) is 6.63. The van der Waals surface area contributed by atoms with Crippen LogP contribution in [-0.4, -0.2) is 18.9 Å². The first-order valence-corrected chi connectivity index (χ1v) is 7.24. The summed E-state index contributed by atoms with van der Waals surface area (Å²) in [5.41, 5.74) is 0.975. The first kappa shape index (κ1) is 13.8. The molecule has 0 aromatic heterocycles. The molecule has 0 radical (unpaired) electrons. The number of allylic oxidation sites excluding steroid dienone is 1. The summed E-state index contributed by atoms with van der Waals surface area (Å²) in [5, 5.41) is 4.71. The number of nitrogens with zero attached hydrogens (tertiary/aromatic N) is 1. The Labute approximate surface area is 111 Å². The van der Waals surface area contributed by atoms with Gasteiger partial charge in [0.25, 0.3) is 0 Å². The molecule has 0 aromatic rings. The lowest BCUT2D eigenvalue weighted by Crippen LogP contribution is -2.47. The second-order valence-electron chi connectivity index (χ2n) is 6.63. The van der Waals surface area contributed by atoms with Crippen LogP contribution in [0, 0.1) is 23.2 Å². The van der Waals surface area contributed by atoms with Crippen LogP contribution in [0.5, 0.6) is 0 Å². The van der Waals surface area contributed by atoms with E-state index >= 15 is 0 Å². The number of hydrogen-bond acceptors (Lipinski definition) is 1. The highest BCUT2D eigenvalue weighted by molar-refractivity contribution is 5.98. The lowest BCUT2D eigenvalue weighted by molar-refractivity contribution is -0.117. The Kier molecular flexibility index (Phi) is 3.68. The van der Waals surface area contributed by atoms with E-state index in [4.69, 9.17) is 5.32 Å². The summed E-state index contributed by atoms with van der Waals surface area (Å²) in [4.78, 5) is 12.0. The Hall–Kier alpha value is -0.630. The van der Waals surface area contributed by atoms with E-state index in [0.717, 1.165) is 5.57 Å². The molecule has 0 aliphatic heterocycles. The van der Waals surface area contributed by atoms with E-state index in [1.807, 2.05) is 14.0 Å². The van der Waals surface area contributed by atoms with Crippen LogP contribution in [0.4, 0.5) is 0 Å². The largest absolute Gasteiger partial charge is 0.661 e. The van der Waals surface area contributed by atoms with Crippen molar-refractivity contribution < 1.29 is 4.79 Å². The first-order chi connectivity index (χ1) is 8.42. The zero-order valence-corrected chi connectivity index (χ0v) is 12.4. The van der Waals surface area contributed by atoms with Crippen molar-refractivity contribution in [2.24, 2.45) is 23.2 Å². The third-order valence-corrected chi connectivity index (χ3v) is 5.33. The number of hydrogen-bond donors (Lipinski definition) is 0. The number of rotatable bonds is 2. The molecule has 2 heteroatoms. The van der Waals surface area contributed by atoms with Gasteiger partial charge in [-0.1, -0.05) is 39.2 Å². The summed E-state index contributed by atoms with van der Waals surface area (Å²) in [5.74, 6) is 2.18. The van der Waals surface area contributed by atoms with Gasteiger partial charge >= 0.3 is 0 Å². The standard InChI is InChI=1S/C16H26NO/c1-10(2)13-7-6-12(4)16(15(13)17-5)8-11(3)14(18)9-16/h8,10,12-13,15H,6-7,9H2,1-5H3/q-1. The Balaban J connectivity index is 2.39. The zero-order valence-electron chi connectivity index (χ0n) is 12.4. The minimum atomic E-state index is 0.0170. The fraction of sp³-hybridized carbons (Fsp3) is 0.812. The second kappa shape index (κ2) is 4.80. The molecule has 1 saturated carbocycles. The van der Waals surface area contributed by atoms with Crippen LogP contribution in [0.15, 0.2) is 11.6 Å². The monoisotopic (exact) mass is 248 g/mol. The molecule has 1 fully saturated rings. The van der Waals surface area contributed by atoms with Crippen LogP contribution in [0.3, 0.4) is 0 Å². The normalized spacial score (nSPS) is 40.7. The highest BCUT2D eigenvalue weighted by Crippen LogP contribution is 2.54. The van der Waals surface area contributed by atoms with Crippen LogP contribution in [0.2, 0.25) is 0 Å². The van der Waals surface area contributed by atoms with Crippen LogP contribution in [-0.2, 0) is 4.79 Å². The maximum Gasteiger partial charge on any atom is 0.159 e. The molecule has 2 rings (SSSR count). The molecule has 1 spiro atoms.